The van der Waals surface area contributed by atoms with Crippen LogP contribution in [-0.2, 0) is 6.42 Å². The van der Waals surface area contributed by atoms with Crippen LogP contribution >= 0.6 is 27.3 Å². The van der Waals surface area contributed by atoms with E-state index in [1.807, 2.05) is 11.3 Å². The van der Waals surface area contributed by atoms with E-state index in [4.69, 9.17) is 5.84 Å². The third-order valence-corrected chi connectivity index (χ3v) is 6.27. The monoisotopic (exact) mass is 316 g/mol. The van der Waals surface area contributed by atoms with E-state index in [1.54, 1.807) is 0 Å². The molecule has 1 heterocycles. The smallest absolute Gasteiger partial charge is 0.0315 e. The van der Waals surface area contributed by atoms with E-state index in [0.717, 1.165) is 6.42 Å². The van der Waals surface area contributed by atoms with Crippen molar-refractivity contribution in [3.05, 3.63) is 20.8 Å². The highest BCUT2D eigenvalue weighted by molar-refractivity contribution is 9.10. The standard InChI is InChI=1S/C13H21BrN2S/c1-2-13(6-3-4-7-13)12(16-15)9-11-10(14)5-8-17-11/h5,8,12,16H,2-4,6-7,9,15H2,1H3. The average molecular weight is 317 g/mol. The van der Waals surface area contributed by atoms with Gasteiger partial charge >= 0.3 is 0 Å². The van der Waals surface area contributed by atoms with E-state index in [2.05, 4.69) is 39.7 Å². The zero-order valence-electron chi connectivity index (χ0n) is 10.3. The van der Waals surface area contributed by atoms with Gasteiger partial charge in [-0.05, 0) is 52.1 Å². The summed E-state index contributed by atoms with van der Waals surface area (Å²) in [4.78, 5) is 1.41. The summed E-state index contributed by atoms with van der Waals surface area (Å²) < 4.78 is 1.23. The summed E-state index contributed by atoms with van der Waals surface area (Å²) in [6.07, 6.45) is 7.63. The molecular formula is C13H21BrN2S. The van der Waals surface area contributed by atoms with Crippen LogP contribution in [-0.4, -0.2) is 6.04 Å². The quantitative estimate of drug-likeness (QED) is 0.639. The number of hydrazine groups is 1. The van der Waals surface area contributed by atoms with Gasteiger partial charge in [0.1, 0.15) is 0 Å². The van der Waals surface area contributed by atoms with Gasteiger partial charge in [-0.1, -0.05) is 19.8 Å². The van der Waals surface area contributed by atoms with Crippen molar-refractivity contribution in [2.45, 2.75) is 51.5 Å². The number of halogens is 1. The van der Waals surface area contributed by atoms with Crippen molar-refractivity contribution < 1.29 is 0 Å². The Morgan fingerprint density at radius 2 is 2.24 bits per heavy atom. The van der Waals surface area contributed by atoms with Gasteiger partial charge in [-0.15, -0.1) is 11.3 Å². The second-order valence-corrected chi connectivity index (χ2v) is 6.89. The molecule has 1 aromatic heterocycles. The maximum absolute atomic E-state index is 5.82. The third kappa shape index (κ3) is 2.75. The lowest BCUT2D eigenvalue weighted by molar-refractivity contribution is 0.186. The number of hydrogen-bond acceptors (Lipinski definition) is 3. The molecule has 2 nitrogen and oxygen atoms in total. The molecule has 1 aromatic rings. The van der Waals surface area contributed by atoms with E-state index in [1.165, 1.54) is 41.5 Å². The summed E-state index contributed by atoms with van der Waals surface area (Å²) in [5.41, 5.74) is 3.50. The Bertz CT molecular complexity index is 358. The molecule has 0 aliphatic heterocycles. The molecule has 4 heteroatoms. The molecule has 3 N–H and O–H groups in total. The molecular weight excluding hydrogens is 296 g/mol. The molecule has 1 saturated carbocycles. The summed E-state index contributed by atoms with van der Waals surface area (Å²) in [6, 6.07) is 2.53. The highest BCUT2D eigenvalue weighted by atomic mass is 79.9. The molecule has 0 saturated heterocycles. The van der Waals surface area contributed by atoms with Gasteiger partial charge in [0, 0.05) is 21.8 Å². The highest BCUT2D eigenvalue weighted by Crippen LogP contribution is 2.45. The summed E-state index contributed by atoms with van der Waals surface area (Å²) in [5, 5.41) is 2.14. The topological polar surface area (TPSA) is 38.0 Å². The van der Waals surface area contributed by atoms with Crippen molar-refractivity contribution in [3.8, 4) is 0 Å². The Morgan fingerprint density at radius 1 is 1.53 bits per heavy atom. The predicted octanol–water partition coefficient (Wildman–Crippen LogP) is 3.86. The van der Waals surface area contributed by atoms with Crippen molar-refractivity contribution in [2.75, 3.05) is 0 Å². The molecule has 17 heavy (non-hydrogen) atoms. The van der Waals surface area contributed by atoms with Crippen LogP contribution in [0.25, 0.3) is 0 Å². The van der Waals surface area contributed by atoms with Crippen molar-refractivity contribution >= 4 is 27.3 Å². The molecule has 1 unspecified atom stereocenters. The van der Waals surface area contributed by atoms with Crippen LogP contribution < -0.4 is 11.3 Å². The van der Waals surface area contributed by atoms with Gasteiger partial charge in [0.15, 0.2) is 0 Å². The van der Waals surface area contributed by atoms with Crippen LogP contribution in [0.3, 0.4) is 0 Å². The number of nitrogens with one attached hydrogen (secondary N) is 1. The molecule has 0 spiro atoms. The minimum atomic E-state index is 0.407. The largest absolute Gasteiger partial charge is 0.271 e. The van der Waals surface area contributed by atoms with Crippen molar-refractivity contribution in [2.24, 2.45) is 11.3 Å². The second kappa shape index (κ2) is 5.83. The van der Waals surface area contributed by atoms with E-state index in [0.29, 0.717) is 11.5 Å². The summed E-state index contributed by atoms with van der Waals surface area (Å²) in [6.45, 7) is 2.30. The van der Waals surface area contributed by atoms with Crippen LogP contribution in [0.5, 0.6) is 0 Å². The molecule has 1 aliphatic carbocycles. The number of thiophene rings is 1. The van der Waals surface area contributed by atoms with Crippen molar-refractivity contribution in [1.29, 1.82) is 0 Å². The molecule has 96 valence electrons. The number of hydrogen-bond donors (Lipinski definition) is 2. The molecule has 0 bridgehead atoms. The van der Waals surface area contributed by atoms with Crippen LogP contribution in [0.4, 0.5) is 0 Å². The molecule has 1 fully saturated rings. The summed E-state index contributed by atoms with van der Waals surface area (Å²) in [5.74, 6) is 5.82. The Labute approximate surface area is 116 Å². The number of rotatable bonds is 5. The minimum absolute atomic E-state index is 0.407. The first kappa shape index (κ1) is 13.5. The molecule has 0 amide bonds. The fourth-order valence-corrected chi connectivity index (χ4v) is 4.70. The van der Waals surface area contributed by atoms with Gasteiger partial charge in [-0.25, -0.2) is 0 Å². The molecule has 0 radical (unpaired) electrons. The summed E-state index contributed by atoms with van der Waals surface area (Å²) in [7, 11) is 0. The maximum Gasteiger partial charge on any atom is 0.0315 e. The number of nitrogens with two attached hydrogens (primary N) is 1. The van der Waals surface area contributed by atoms with Crippen LogP contribution in [0.1, 0.15) is 43.9 Å². The summed E-state index contributed by atoms with van der Waals surface area (Å²) >= 11 is 5.43. The van der Waals surface area contributed by atoms with Gasteiger partial charge < -0.3 is 0 Å². The Hall–Kier alpha value is 0.1000. The van der Waals surface area contributed by atoms with Crippen molar-refractivity contribution in [3.63, 3.8) is 0 Å². The Kier molecular flexibility index (Phi) is 4.64. The first-order valence-electron chi connectivity index (χ1n) is 6.40. The van der Waals surface area contributed by atoms with Gasteiger partial charge in [0.25, 0.3) is 0 Å². The van der Waals surface area contributed by atoms with E-state index < -0.39 is 0 Å². The van der Waals surface area contributed by atoms with E-state index >= 15 is 0 Å². The van der Waals surface area contributed by atoms with Gasteiger partial charge in [-0.3, -0.25) is 11.3 Å². The Balaban J connectivity index is 2.13. The van der Waals surface area contributed by atoms with Crippen LogP contribution in [0.2, 0.25) is 0 Å². The van der Waals surface area contributed by atoms with Gasteiger partial charge in [-0.2, -0.15) is 0 Å². The normalized spacial score (nSPS) is 20.6. The van der Waals surface area contributed by atoms with E-state index in [-0.39, 0.29) is 0 Å². The Morgan fingerprint density at radius 3 is 2.71 bits per heavy atom. The lowest BCUT2D eigenvalue weighted by Gasteiger charge is -2.36. The van der Waals surface area contributed by atoms with Crippen LogP contribution in [0, 0.1) is 5.41 Å². The van der Waals surface area contributed by atoms with Crippen LogP contribution in [0.15, 0.2) is 15.9 Å². The maximum atomic E-state index is 5.82. The van der Waals surface area contributed by atoms with E-state index in [9.17, 15) is 0 Å². The molecule has 2 rings (SSSR count). The van der Waals surface area contributed by atoms with Gasteiger partial charge in [0.05, 0.1) is 0 Å². The first-order chi connectivity index (χ1) is 8.22. The SMILES string of the molecule is CCC1(C(Cc2sccc2Br)NN)CCCC1. The zero-order valence-corrected chi connectivity index (χ0v) is 12.7. The average Bonchev–Trinajstić information content (AvgIpc) is 2.96. The molecule has 1 aliphatic rings. The minimum Gasteiger partial charge on any atom is -0.271 e. The second-order valence-electron chi connectivity index (χ2n) is 5.04. The lowest BCUT2D eigenvalue weighted by Crippen LogP contribution is -2.48. The highest BCUT2D eigenvalue weighted by Gasteiger charge is 2.39. The predicted molar refractivity (Wildman–Crippen MR) is 78.0 cm³/mol. The molecule has 0 aromatic carbocycles. The molecule has 1 atom stereocenters. The zero-order chi connectivity index (χ0) is 12.3. The first-order valence-corrected chi connectivity index (χ1v) is 8.07. The fraction of sp³-hybridized carbons (Fsp3) is 0.692. The third-order valence-electron chi connectivity index (χ3n) is 4.32. The lowest BCUT2D eigenvalue weighted by atomic mass is 9.75. The van der Waals surface area contributed by atoms with Gasteiger partial charge in [0.2, 0.25) is 0 Å². The fourth-order valence-electron chi connectivity index (χ4n) is 3.14. The van der Waals surface area contributed by atoms with Crippen molar-refractivity contribution in [1.82, 2.24) is 5.43 Å².